The molecule has 4 aromatic rings. The van der Waals surface area contributed by atoms with Gasteiger partial charge in [0.1, 0.15) is 6.10 Å². The molecule has 0 saturated heterocycles. The number of aromatic nitrogens is 2. The van der Waals surface area contributed by atoms with Gasteiger partial charge in [-0.2, -0.15) is 5.26 Å². The van der Waals surface area contributed by atoms with Crippen LogP contribution in [0.2, 0.25) is 0 Å². The second kappa shape index (κ2) is 10.0. The maximum atomic E-state index is 8.90. The van der Waals surface area contributed by atoms with Crippen molar-refractivity contribution in [3.8, 4) is 28.8 Å². The fourth-order valence-electron chi connectivity index (χ4n) is 4.49. The molecular weight excluding hydrogens is 434 g/mol. The Hall–Kier alpha value is -4.08. The molecule has 0 aliphatic carbocycles. The SMILES string of the molecule is Cc1ccc(C)n1-c1ccc(-c2cnc3c(c2)NCC(CNCCc2ccc(C#N)cc2)O3)cc1. The molecule has 0 fully saturated rings. The highest BCUT2D eigenvalue weighted by atomic mass is 16.5. The highest BCUT2D eigenvalue weighted by Gasteiger charge is 2.20. The fourth-order valence-corrected chi connectivity index (χ4v) is 4.49. The third-order valence-corrected chi connectivity index (χ3v) is 6.43. The third-order valence-electron chi connectivity index (χ3n) is 6.43. The summed E-state index contributed by atoms with van der Waals surface area (Å²) in [7, 11) is 0. The van der Waals surface area contributed by atoms with Crippen LogP contribution in [-0.2, 0) is 6.42 Å². The molecule has 6 nitrogen and oxygen atoms in total. The topological polar surface area (TPSA) is 74.9 Å². The van der Waals surface area contributed by atoms with Gasteiger partial charge in [0, 0.05) is 35.4 Å². The van der Waals surface area contributed by atoms with Crippen LogP contribution in [0, 0.1) is 25.2 Å². The van der Waals surface area contributed by atoms with Crippen molar-refractivity contribution in [3.05, 3.63) is 95.4 Å². The number of hydrogen-bond acceptors (Lipinski definition) is 5. The average Bonchev–Trinajstić information content (AvgIpc) is 3.24. The number of nitriles is 1. The van der Waals surface area contributed by atoms with Crippen LogP contribution in [0.1, 0.15) is 22.5 Å². The minimum absolute atomic E-state index is 0.0224. The second-order valence-corrected chi connectivity index (χ2v) is 8.96. The van der Waals surface area contributed by atoms with Crippen LogP contribution in [-0.4, -0.2) is 35.3 Å². The van der Waals surface area contributed by atoms with Crippen molar-refractivity contribution in [2.24, 2.45) is 0 Å². The largest absolute Gasteiger partial charge is 0.470 e. The molecule has 1 aliphatic heterocycles. The summed E-state index contributed by atoms with van der Waals surface area (Å²) >= 11 is 0. The van der Waals surface area contributed by atoms with Gasteiger partial charge in [0.15, 0.2) is 0 Å². The van der Waals surface area contributed by atoms with Crippen molar-refractivity contribution in [1.29, 1.82) is 5.26 Å². The normalized spacial score (nSPS) is 14.5. The van der Waals surface area contributed by atoms with E-state index in [4.69, 9.17) is 10.00 Å². The van der Waals surface area contributed by atoms with Gasteiger partial charge in [-0.05, 0) is 80.4 Å². The molecule has 6 heteroatoms. The Morgan fingerprint density at radius 1 is 1.03 bits per heavy atom. The standard InChI is InChI=1S/C29H29N5O/c1-20-3-4-21(2)34(20)26-11-9-24(10-12-26)25-15-28-29(33-17-25)35-27(19-32-28)18-31-14-13-22-5-7-23(16-30)8-6-22/h3-12,15,17,27,31-32H,13-14,18-19H2,1-2H3. The molecule has 176 valence electrons. The maximum Gasteiger partial charge on any atom is 0.237 e. The monoisotopic (exact) mass is 463 g/mol. The van der Waals surface area contributed by atoms with Crippen LogP contribution in [0.3, 0.4) is 0 Å². The fraction of sp³-hybridized carbons (Fsp3) is 0.241. The zero-order valence-corrected chi connectivity index (χ0v) is 20.1. The molecule has 0 amide bonds. The molecule has 35 heavy (non-hydrogen) atoms. The van der Waals surface area contributed by atoms with E-state index in [1.54, 1.807) is 0 Å². The summed E-state index contributed by atoms with van der Waals surface area (Å²) in [6.45, 7) is 6.57. The summed E-state index contributed by atoms with van der Waals surface area (Å²) in [5, 5.41) is 15.8. The van der Waals surface area contributed by atoms with E-state index < -0.39 is 0 Å². The number of nitrogens with one attached hydrogen (secondary N) is 2. The smallest absolute Gasteiger partial charge is 0.237 e. The molecule has 0 spiro atoms. The number of nitrogens with zero attached hydrogens (tertiary/aromatic N) is 3. The molecule has 1 aliphatic rings. The molecule has 2 N–H and O–H groups in total. The summed E-state index contributed by atoms with van der Waals surface area (Å²) in [5.74, 6) is 0.647. The van der Waals surface area contributed by atoms with Gasteiger partial charge >= 0.3 is 0 Å². The average molecular weight is 464 g/mol. The van der Waals surface area contributed by atoms with E-state index in [1.165, 1.54) is 17.0 Å². The van der Waals surface area contributed by atoms with E-state index in [-0.39, 0.29) is 6.10 Å². The number of benzene rings is 2. The number of anilines is 1. The van der Waals surface area contributed by atoms with E-state index in [9.17, 15) is 0 Å². The molecule has 0 radical (unpaired) electrons. The number of fused-ring (bicyclic) bond motifs is 1. The highest BCUT2D eigenvalue weighted by molar-refractivity contribution is 5.70. The van der Waals surface area contributed by atoms with Gasteiger partial charge in [-0.25, -0.2) is 4.98 Å². The quantitative estimate of drug-likeness (QED) is 0.376. The van der Waals surface area contributed by atoms with Crippen LogP contribution >= 0.6 is 0 Å². The molecule has 0 bridgehead atoms. The van der Waals surface area contributed by atoms with Crippen molar-refractivity contribution in [1.82, 2.24) is 14.9 Å². The number of pyridine rings is 1. The van der Waals surface area contributed by atoms with Crippen molar-refractivity contribution in [2.75, 3.05) is 25.0 Å². The van der Waals surface area contributed by atoms with Crippen LogP contribution in [0.5, 0.6) is 5.88 Å². The number of aryl methyl sites for hydroxylation is 2. The third kappa shape index (κ3) is 5.06. The predicted octanol–water partition coefficient (Wildman–Crippen LogP) is 5.03. The van der Waals surface area contributed by atoms with Gasteiger partial charge in [0.2, 0.25) is 5.88 Å². The lowest BCUT2D eigenvalue weighted by Gasteiger charge is -2.27. The first kappa shape index (κ1) is 22.7. The molecular formula is C29H29N5O. The Morgan fingerprint density at radius 2 is 1.77 bits per heavy atom. The molecule has 2 aromatic carbocycles. The predicted molar refractivity (Wildman–Crippen MR) is 139 cm³/mol. The maximum absolute atomic E-state index is 8.90. The van der Waals surface area contributed by atoms with Crippen molar-refractivity contribution < 1.29 is 4.74 Å². The Kier molecular flexibility index (Phi) is 6.51. The zero-order chi connectivity index (χ0) is 24.2. The highest BCUT2D eigenvalue weighted by Crippen LogP contribution is 2.31. The number of ether oxygens (including phenoxy) is 1. The summed E-state index contributed by atoms with van der Waals surface area (Å²) in [4.78, 5) is 4.59. The summed E-state index contributed by atoms with van der Waals surface area (Å²) < 4.78 is 8.38. The number of rotatable bonds is 7. The molecule has 0 saturated carbocycles. The van der Waals surface area contributed by atoms with Crippen molar-refractivity contribution >= 4 is 5.69 Å². The van der Waals surface area contributed by atoms with E-state index in [0.717, 1.165) is 48.6 Å². The van der Waals surface area contributed by atoms with Crippen molar-refractivity contribution in [3.63, 3.8) is 0 Å². The lowest BCUT2D eigenvalue weighted by molar-refractivity contribution is 0.194. The minimum atomic E-state index is 0.0224. The van der Waals surface area contributed by atoms with Gasteiger partial charge in [-0.3, -0.25) is 0 Å². The Labute approximate surface area is 206 Å². The molecule has 2 aromatic heterocycles. The van der Waals surface area contributed by atoms with E-state index >= 15 is 0 Å². The Balaban J connectivity index is 1.16. The molecule has 5 rings (SSSR count). The van der Waals surface area contributed by atoms with Crippen LogP contribution < -0.4 is 15.4 Å². The lowest BCUT2D eigenvalue weighted by Crippen LogP contribution is -2.40. The van der Waals surface area contributed by atoms with Crippen LogP contribution in [0.4, 0.5) is 5.69 Å². The first-order valence-corrected chi connectivity index (χ1v) is 12.0. The summed E-state index contributed by atoms with van der Waals surface area (Å²) in [5.41, 5.74) is 8.64. The van der Waals surface area contributed by atoms with E-state index in [0.29, 0.717) is 11.4 Å². The minimum Gasteiger partial charge on any atom is -0.470 e. The first-order chi connectivity index (χ1) is 17.1. The summed E-state index contributed by atoms with van der Waals surface area (Å²) in [6.07, 6.45) is 2.81. The van der Waals surface area contributed by atoms with Gasteiger partial charge < -0.3 is 19.9 Å². The second-order valence-electron chi connectivity index (χ2n) is 8.96. The lowest BCUT2D eigenvalue weighted by atomic mass is 10.1. The van der Waals surface area contributed by atoms with Crippen LogP contribution in [0.15, 0.2) is 72.9 Å². The first-order valence-electron chi connectivity index (χ1n) is 12.0. The van der Waals surface area contributed by atoms with Gasteiger partial charge in [-0.1, -0.05) is 24.3 Å². The van der Waals surface area contributed by atoms with E-state index in [2.05, 4.69) is 82.6 Å². The van der Waals surface area contributed by atoms with Gasteiger partial charge in [0.25, 0.3) is 0 Å². The zero-order valence-electron chi connectivity index (χ0n) is 20.1. The summed E-state index contributed by atoms with van der Waals surface area (Å²) in [6, 6.07) is 24.9. The Morgan fingerprint density at radius 3 is 2.49 bits per heavy atom. The molecule has 1 unspecified atom stereocenters. The van der Waals surface area contributed by atoms with Gasteiger partial charge in [0.05, 0.1) is 23.9 Å². The van der Waals surface area contributed by atoms with Crippen LogP contribution in [0.25, 0.3) is 16.8 Å². The number of hydrogen-bond donors (Lipinski definition) is 2. The Bertz CT molecular complexity index is 1330. The molecule has 3 heterocycles. The van der Waals surface area contributed by atoms with Crippen molar-refractivity contribution in [2.45, 2.75) is 26.4 Å². The molecule has 1 atom stereocenters. The van der Waals surface area contributed by atoms with Gasteiger partial charge in [-0.15, -0.1) is 0 Å². The van der Waals surface area contributed by atoms with E-state index in [1.807, 2.05) is 30.5 Å².